The molecule has 1 unspecified atom stereocenters. The van der Waals surface area contributed by atoms with E-state index in [-0.39, 0.29) is 0 Å². The Morgan fingerprint density at radius 2 is 2.00 bits per heavy atom. The molecule has 1 fully saturated rings. The first kappa shape index (κ1) is 9.30. The molecule has 1 aliphatic carbocycles. The van der Waals surface area contributed by atoms with Crippen LogP contribution in [0.1, 0.15) is 25.7 Å². The summed E-state index contributed by atoms with van der Waals surface area (Å²) in [5.74, 6) is 7.78. The van der Waals surface area contributed by atoms with E-state index in [2.05, 4.69) is 17.3 Å². The Labute approximate surface area is 71.9 Å². The van der Waals surface area contributed by atoms with E-state index in [0.717, 1.165) is 24.0 Å². The zero-order chi connectivity index (χ0) is 8.48. The van der Waals surface area contributed by atoms with E-state index in [1.54, 1.807) is 0 Å². The van der Waals surface area contributed by atoms with Gasteiger partial charge in [-0.3, -0.25) is 0 Å². The average molecular weight is 215 g/mol. The first-order valence-corrected chi connectivity index (χ1v) is 12.0. The van der Waals surface area contributed by atoms with Crippen molar-refractivity contribution in [2.45, 2.75) is 47.7 Å². The Hall–Kier alpha value is 0.213. The molecule has 0 aromatic heterocycles. The summed E-state index contributed by atoms with van der Waals surface area (Å²) in [7, 11) is 0. The van der Waals surface area contributed by atoms with Gasteiger partial charge >= 0.3 is 71.5 Å². The number of ketones is 1. The molecular weight excluding hydrogens is 197 g/mol. The molecule has 0 aliphatic heterocycles. The quantitative estimate of drug-likeness (QED) is 0.614. The summed E-state index contributed by atoms with van der Waals surface area (Å²) in [5.41, 5.74) is 0. The molecule has 0 N–H and O–H groups in total. The van der Waals surface area contributed by atoms with Crippen molar-refractivity contribution in [2.24, 2.45) is 0 Å². The van der Waals surface area contributed by atoms with Crippen LogP contribution >= 0.6 is 0 Å². The summed E-state index contributed by atoms with van der Waals surface area (Å²) in [5, 5.41) is 0. The SMILES string of the molecule is [CH3][Ge]([CH3])([CH3])[CH]1CCCC(=O)C1. The van der Waals surface area contributed by atoms with Crippen LogP contribution in [-0.2, 0) is 4.79 Å². The van der Waals surface area contributed by atoms with Crippen molar-refractivity contribution in [1.29, 1.82) is 0 Å². The van der Waals surface area contributed by atoms with Crippen LogP contribution in [0.25, 0.3) is 0 Å². The minimum absolute atomic E-state index is 0.516. The van der Waals surface area contributed by atoms with Gasteiger partial charge in [-0.1, -0.05) is 0 Å². The molecule has 64 valence electrons. The molecule has 11 heavy (non-hydrogen) atoms. The van der Waals surface area contributed by atoms with E-state index >= 15 is 0 Å². The van der Waals surface area contributed by atoms with Crippen LogP contribution in [-0.4, -0.2) is 19.0 Å². The van der Waals surface area contributed by atoms with Crippen LogP contribution in [0.15, 0.2) is 0 Å². The van der Waals surface area contributed by atoms with Crippen LogP contribution in [0.5, 0.6) is 0 Å². The third kappa shape index (κ3) is 2.62. The molecule has 0 aromatic rings. The van der Waals surface area contributed by atoms with E-state index in [1.165, 1.54) is 6.42 Å². The first-order valence-electron chi connectivity index (χ1n) is 4.52. The topological polar surface area (TPSA) is 17.1 Å². The Kier molecular flexibility index (Phi) is 2.79. The predicted octanol–water partition coefficient (Wildman–Crippen LogP) is 2.84. The third-order valence-electron chi connectivity index (χ3n) is 2.71. The van der Waals surface area contributed by atoms with Gasteiger partial charge in [0.1, 0.15) is 0 Å². The van der Waals surface area contributed by atoms with Gasteiger partial charge < -0.3 is 0 Å². The van der Waals surface area contributed by atoms with Crippen LogP contribution < -0.4 is 0 Å². The summed E-state index contributed by atoms with van der Waals surface area (Å²) in [6.45, 7) is 0. The van der Waals surface area contributed by atoms with Crippen molar-refractivity contribution in [2.75, 3.05) is 0 Å². The van der Waals surface area contributed by atoms with Crippen molar-refractivity contribution in [3.8, 4) is 0 Å². The molecule has 1 rings (SSSR count). The normalized spacial score (nSPS) is 27.2. The van der Waals surface area contributed by atoms with Crippen LogP contribution in [0.4, 0.5) is 0 Å². The monoisotopic (exact) mass is 216 g/mol. The average Bonchev–Trinajstić information content (AvgIpc) is 1.86. The molecule has 1 aliphatic rings. The van der Waals surface area contributed by atoms with Gasteiger partial charge in [0, 0.05) is 0 Å². The van der Waals surface area contributed by atoms with Gasteiger partial charge in [-0.15, -0.1) is 0 Å². The number of Topliss-reactive ketones (excluding diaryl/α,β-unsaturated/α-hetero) is 1. The minimum atomic E-state index is -1.49. The molecule has 0 spiro atoms. The van der Waals surface area contributed by atoms with Gasteiger partial charge in [0.25, 0.3) is 0 Å². The van der Waals surface area contributed by atoms with Crippen molar-refractivity contribution in [1.82, 2.24) is 0 Å². The first-order chi connectivity index (χ1) is 5.00. The molecule has 2 heteroatoms. The molecule has 0 radical (unpaired) electrons. The molecule has 1 nitrogen and oxygen atoms in total. The van der Waals surface area contributed by atoms with Crippen molar-refractivity contribution < 1.29 is 4.79 Å². The van der Waals surface area contributed by atoms with Crippen molar-refractivity contribution in [3.63, 3.8) is 0 Å². The van der Waals surface area contributed by atoms with Gasteiger partial charge in [-0.2, -0.15) is 0 Å². The Morgan fingerprint density at radius 1 is 1.36 bits per heavy atom. The third-order valence-corrected chi connectivity index (χ3v) is 8.88. The Morgan fingerprint density at radius 3 is 2.36 bits per heavy atom. The van der Waals surface area contributed by atoms with Crippen molar-refractivity contribution in [3.05, 3.63) is 0 Å². The van der Waals surface area contributed by atoms with Gasteiger partial charge in [0.2, 0.25) is 0 Å². The molecule has 0 heterocycles. The Bertz CT molecular complexity index is 157. The van der Waals surface area contributed by atoms with Gasteiger partial charge in [-0.05, 0) is 0 Å². The summed E-state index contributed by atoms with van der Waals surface area (Å²) < 4.78 is 0.816. The number of hydrogen-bond acceptors (Lipinski definition) is 1. The van der Waals surface area contributed by atoms with Gasteiger partial charge in [0.15, 0.2) is 0 Å². The van der Waals surface area contributed by atoms with Gasteiger partial charge in [0.05, 0.1) is 0 Å². The fourth-order valence-corrected chi connectivity index (χ4v) is 5.77. The molecular formula is C9H18GeO. The van der Waals surface area contributed by atoms with E-state index in [1.807, 2.05) is 0 Å². The predicted molar refractivity (Wildman–Crippen MR) is 50.6 cm³/mol. The second kappa shape index (κ2) is 3.30. The van der Waals surface area contributed by atoms with Crippen molar-refractivity contribution >= 4 is 19.0 Å². The zero-order valence-electron chi connectivity index (χ0n) is 7.81. The second-order valence-corrected chi connectivity index (χ2v) is 16.3. The zero-order valence-corrected chi connectivity index (χ0v) is 9.91. The van der Waals surface area contributed by atoms with E-state index in [4.69, 9.17) is 0 Å². The fourth-order valence-electron chi connectivity index (χ4n) is 1.76. The van der Waals surface area contributed by atoms with Crippen LogP contribution in [0.3, 0.4) is 0 Å². The number of carbonyl (C=O) groups excluding carboxylic acids is 1. The molecule has 0 amide bonds. The number of rotatable bonds is 1. The standard InChI is InChI=1S/C9H18GeO/c1-10(2,3)8-5-4-6-9(11)7-8/h8H,4-7H2,1-3H3. The summed E-state index contributed by atoms with van der Waals surface area (Å²) in [6.07, 6.45) is 4.25. The fraction of sp³-hybridized carbons (Fsp3) is 0.889. The Balaban J connectivity index is 2.53. The molecule has 1 atom stereocenters. The van der Waals surface area contributed by atoms with Gasteiger partial charge in [-0.25, -0.2) is 0 Å². The van der Waals surface area contributed by atoms with E-state index in [9.17, 15) is 4.79 Å². The molecule has 0 aromatic carbocycles. The maximum absolute atomic E-state index is 11.2. The molecule has 0 bridgehead atoms. The summed E-state index contributed by atoms with van der Waals surface area (Å²) >= 11 is -1.49. The maximum atomic E-state index is 11.2. The van der Waals surface area contributed by atoms with Crippen LogP contribution in [0.2, 0.25) is 22.0 Å². The summed E-state index contributed by atoms with van der Waals surface area (Å²) in [6, 6.07) is 0. The van der Waals surface area contributed by atoms with Crippen LogP contribution in [0, 0.1) is 0 Å². The molecule has 1 saturated carbocycles. The second-order valence-electron chi connectivity index (χ2n) is 4.70. The summed E-state index contributed by atoms with van der Waals surface area (Å²) in [4.78, 5) is 11.2. The number of hydrogen-bond donors (Lipinski definition) is 0. The number of carbonyl (C=O) groups is 1. The molecule has 0 saturated heterocycles. The van der Waals surface area contributed by atoms with E-state index < -0.39 is 13.3 Å². The van der Waals surface area contributed by atoms with E-state index in [0.29, 0.717) is 5.78 Å².